The predicted molar refractivity (Wildman–Crippen MR) is 113 cm³/mol. The Morgan fingerprint density at radius 1 is 1.24 bits per heavy atom. The van der Waals surface area contributed by atoms with E-state index in [1.807, 2.05) is 11.8 Å². The molecule has 0 saturated carbocycles. The van der Waals surface area contributed by atoms with Crippen LogP contribution < -0.4 is 10.6 Å². The highest BCUT2D eigenvalue weighted by atomic mass is 19.1. The predicted octanol–water partition coefficient (Wildman–Crippen LogP) is 3.66. The van der Waals surface area contributed by atoms with E-state index in [0.29, 0.717) is 18.1 Å². The number of piperidine rings is 1. The van der Waals surface area contributed by atoms with Crippen LogP contribution in [0.4, 0.5) is 8.78 Å². The first-order chi connectivity index (χ1) is 13.9. The van der Waals surface area contributed by atoms with Crippen molar-refractivity contribution in [2.45, 2.75) is 58.4 Å². The van der Waals surface area contributed by atoms with E-state index in [1.165, 1.54) is 12.1 Å². The minimum atomic E-state index is -0.571. The average molecular weight is 409 g/mol. The molecular formula is C22H34F2N4O. The third kappa shape index (κ3) is 6.41. The highest BCUT2D eigenvalue weighted by Crippen LogP contribution is 2.20. The zero-order valence-electron chi connectivity index (χ0n) is 18.0. The average Bonchev–Trinajstić information content (AvgIpc) is 2.72. The second-order valence-corrected chi connectivity index (χ2v) is 7.78. The number of hydrogen-bond donors (Lipinski definition) is 2. The number of carbonyl (C=O) groups is 1. The van der Waals surface area contributed by atoms with E-state index >= 15 is 0 Å². The summed E-state index contributed by atoms with van der Waals surface area (Å²) in [6.07, 6.45) is 3.51. The number of guanidine groups is 1. The summed E-state index contributed by atoms with van der Waals surface area (Å²) in [5.74, 6) is -0.180. The van der Waals surface area contributed by atoms with E-state index < -0.39 is 11.6 Å². The van der Waals surface area contributed by atoms with Gasteiger partial charge in [0.2, 0.25) is 5.91 Å². The van der Waals surface area contributed by atoms with E-state index in [1.54, 1.807) is 7.05 Å². The SMILES string of the molecule is CCC(CC)C(=O)N1CCC(NC(=NC)NCC(C)c2ccc(F)cc2F)CC1. The molecule has 1 atom stereocenters. The Balaban J connectivity index is 1.81. The second-order valence-electron chi connectivity index (χ2n) is 7.78. The molecule has 5 nitrogen and oxygen atoms in total. The van der Waals surface area contributed by atoms with Gasteiger partial charge in [-0.15, -0.1) is 0 Å². The molecule has 0 aromatic heterocycles. The van der Waals surface area contributed by atoms with Gasteiger partial charge >= 0.3 is 0 Å². The van der Waals surface area contributed by atoms with Crippen molar-refractivity contribution in [1.82, 2.24) is 15.5 Å². The lowest BCUT2D eigenvalue weighted by Crippen LogP contribution is -2.51. The molecule has 29 heavy (non-hydrogen) atoms. The Labute approximate surface area is 173 Å². The van der Waals surface area contributed by atoms with E-state index in [2.05, 4.69) is 29.5 Å². The number of likely N-dealkylation sites (tertiary alicyclic amines) is 1. The number of carbonyl (C=O) groups excluding carboxylic acids is 1. The highest BCUT2D eigenvalue weighted by Gasteiger charge is 2.26. The van der Waals surface area contributed by atoms with Crippen molar-refractivity contribution in [2.75, 3.05) is 26.7 Å². The molecule has 0 aliphatic carbocycles. The number of nitrogens with one attached hydrogen (secondary N) is 2. The van der Waals surface area contributed by atoms with Crippen LogP contribution in [0.25, 0.3) is 0 Å². The Hall–Kier alpha value is -2.18. The van der Waals surface area contributed by atoms with Crippen LogP contribution in [-0.2, 0) is 4.79 Å². The van der Waals surface area contributed by atoms with Gasteiger partial charge in [-0.05, 0) is 37.3 Å². The fourth-order valence-electron chi connectivity index (χ4n) is 3.79. The normalized spacial score (nSPS) is 16.8. The quantitative estimate of drug-likeness (QED) is 0.535. The first kappa shape index (κ1) is 23.1. The fourth-order valence-corrected chi connectivity index (χ4v) is 3.79. The van der Waals surface area contributed by atoms with Crippen LogP contribution >= 0.6 is 0 Å². The molecule has 2 rings (SSSR count). The number of rotatable bonds is 7. The molecule has 1 amide bonds. The van der Waals surface area contributed by atoms with E-state index in [4.69, 9.17) is 0 Å². The zero-order chi connectivity index (χ0) is 21.4. The van der Waals surface area contributed by atoms with Crippen molar-refractivity contribution in [3.05, 3.63) is 35.4 Å². The maximum Gasteiger partial charge on any atom is 0.225 e. The van der Waals surface area contributed by atoms with Gasteiger partial charge in [-0.2, -0.15) is 0 Å². The number of benzene rings is 1. The van der Waals surface area contributed by atoms with Gasteiger partial charge in [-0.1, -0.05) is 26.8 Å². The van der Waals surface area contributed by atoms with Crippen molar-refractivity contribution in [3.63, 3.8) is 0 Å². The molecular weight excluding hydrogens is 374 g/mol. The lowest BCUT2D eigenvalue weighted by Gasteiger charge is -2.35. The highest BCUT2D eigenvalue weighted by molar-refractivity contribution is 5.80. The van der Waals surface area contributed by atoms with Gasteiger partial charge in [0.05, 0.1) is 0 Å². The first-order valence-electron chi connectivity index (χ1n) is 10.6. The summed E-state index contributed by atoms with van der Waals surface area (Å²) >= 11 is 0. The van der Waals surface area contributed by atoms with Gasteiger partial charge in [0.15, 0.2) is 5.96 Å². The molecule has 2 N–H and O–H groups in total. The molecule has 7 heteroatoms. The van der Waals surface area contributed by atoms with Gasteiger partial charge < -0.3 is 15.5 Å². The van der Waals surface area contributed by atoms with Crippen LogP contribution in [-0.4, -0.2) is 49.5 Å². The minimum absolute atomic E-state index is 0.127. The van der Waals surface area contributed by atoms with Crippen LogP contribution in [0.15, 0.2) is 23.2 Å². The summed E-state index contributed by atoms with van der Waals surface area (Å²) in [4.78, 5) is 18.8. The molecule has 1 aliphatic rings. The molecule has 162 valence electrons. The molecule has 1 fully saturated rings. The zero-order valence-corrected chi connectivity index (χ0v) is 18.0. The maximum atomic E-state index is 13.9. The van der Waals surface area contributed by atoms with Crippen LogP contribution in [0.3, 0.4) is 0 Å². The molecule has 1 saturated heterocycles. The molecule has 0 radical (unpaired) electrons. The van der Waals surface area contributed by atoms with Crippen LogP contribution in [0, 0.1) is 17.6 Å². The third-order valence-electron chi connectivity index (χ3n) is 5.78. The van der Waals surface area contributed by atoms with Gasteiger partial charge in [0.1, 0.15) is 11.6 Å². The van der Waals surface area contributed by atoms with Crippen molar-refractivity contribution >= 4 is 11.9 Å². The summed E-state index contributed by atoms with van der Waals surface area (Å²) in [5, 5.41) is 6.63. The Morgan fingerprint density at radius 2 is 1.90 bits per heavy atom. The summed E-state index contributed by atoms with van der Waals surface area (Å²) in [7, 11) is 1.70. The molecule has 1 aromatic carbocycles. The summed E-state index contributed by atoms with van der Waals surface area (Å²) in [6, 6.07) is 3.92. The molecule has 1 aliphatic heterocycles. The second kappa shape index (κ2) is 11.1. The number of hydrogen-bond acceptors (Lipinski definition) is 2. The van der Waals surface area contributed by atoms with Crippen LogP contribution in [0.1, 0.15) is 57.9 Å². The lowest BCUT2D eigenvalue weighted by molar-refractivity contribution is -0.136. The molecule has 1 unspecified atom stereocenters. The fraction of sp³-hybridized carbons (Fsp3) is 0.636. The van der Waals surface area contributed by atoms with Crippen LogP contribution in [0.2, 0.25) is 0 Å². The van der Waals surface area contributed by atoms with E-state index in [0.717, 1.165) is 44.8 Å². The number of nitrogens with zero attached hydrogens (tertiary/aromatic N) is 2. The number of halogens is 2. The van der Waals surface area contributed by atoms with Crippen molar-refractivity contribution in [3.8, 4) is 0 Å². The van der Waals surface area contributed by atoms with E-state index in [-0.39, 0.29) is 23.8 Å². The summed E-state index contributed by atoms with van der Waals surface area (Å²) in [5.41, 5.74) is 0.475. The first-order valence-corrected chi connectivity index (χ1v) is 10.6. The lowest BCUT2D eigenvalue weighted by atomic mass is 9.98. The Morgan fingerprint density at radius 3 is 2.45 bits per heavy atom. The van der Waals surface area contributed by atoms with Crippen molar-refractivity contribution < 1.29 is 13.6 Å². The Bertz CT molecular complexity index is 698. The number of amides is 1. The monoisotopic (exact) mass is 408 g/mol. The summed E-state index contributed by atoms with van der Waals surface area (Å²) < 4.78 is 27.0. The van der Waals surface area contributed by atoms with Gasteiger partial charge in [0, 0.05) is 50.6 Å². The van der Waals surface area contributed by atoms with Crippen LogP contribution in [0.5, 0.6) is 0 Å². The molecule has 0 bridgehead atoms. The molecule has 1 aromatic rings. The maximum absolute atomic E-state index is 13.9. The van der Waals surface area contributed by atoms with Gasteiger partial charge in [-0.25, -0.2) is 8.78 Å². The van der Waals surface area contributed by atoms with Crippen molar-refractivity contribution in [2.24, 2.45) is 10.9 Å². The Kier molecular flexibility index (Phi) is 8.86. The molecule has 1 heterocycles. The minimum Gasteiger partial charge on any atom is -0.356 e. The topological polar surface area (TPSA) is 56.7 Å². The summed E-state index contributed by atoms with van der Waals surface area (Å²) in [6.45, 7) is 8.00. The standard InChI is InChI=1S/C22H34F2N4O/c1-5-16(6-2)21(29)28-11-9-18(10-12-28)27-22(25-4)26-14-15(3)19-8-7-17(23)13-20(19)24/h7-8,13,15-16,18H,5-6,9-12,14H2,1-4H3,(H2,25,26,27). The largest absolute Gasteiger partial charge is 0.356 e. The third-order valence-corrected chi connectivity index (χ3v) is 5.78. The van der Waals surface area contributed by atoms with Crippen molar-refractivity contribution in [1.29, 1.82) is 0 Å². The van der Waals surface area contributed by atoms with Gasteiger partial charge in [-0.3, -0.25) is 9.79 Å². The van der Waals surface area contributed by atoms with E-state index in [9.17, 15) is 13.6 Å². The van der Waals surface area contributed by atoms with Gasteiger partial charge in [0.25, 0.3) is 0 Å². The smallest absolute Gasteiger partial charge is 0.225 e. The molecule has 0 spiro atoms. The number of aliphatic imine (C=N–C) groups is 1.